The fraction of sp³-hybridized carbons (Fsp3) is 0.182. The average Bonchev–Trinajstić information content (AvgIpc) is 2.28. The van der Waals surface area contributed by atoms with Crippen LogP contribution >= 0.6 is 12.2 Å². The maximum atomic E-state index is 11.7. The van der Waals surface area contributed by atoms with Crippen LogP contribution < -0.4 is 0 Å². The molecule has 0 aliphatic rings. The van der Waals surface area contributed by atoms with Gasteiger partial charge < -0.3 is 10.0 Å². The lowest BCUT2D eigenvalue weighted by molar-refractivity contribution is -0.137. The van der Waals surface area contributed by atoms with Crippen LogP contribution in [-0.4, -0.2) is 40.6 Å². The third-order valence-electron chi connectivity index (χ3n) is 2.01. The molecule has 88 valence electrons. The van der Waals surface area contributed by atoms with Crippen molar-refractivity contribution >= 4 is 34.9 Å². The Morgan fingerprint density at radius 1 is 1.41 bits per heavy atom. The molecular formula is C11H10N2O3S. The molecule has 17 heavy (non-hydrogen) atoms. The summed E-state index contributed by atoms with van der Waals surface area (Å²) in [5, 5.41) is 10.8. The van der Waals surface area contributed by atoms with E-state index in [2.05, 4.69) is 22.4 Å². The molecule has 0 saturated carbocycles. The lowest BCUT2D eigenvalue weighted by atomic mass is 10.2. The first-order valence-electron chi connectivity index (χ1n) is 4.70. The minimum absolute atomic E-state index is 0.335. The zero-order valence-electron chi connectivity index (χ0n) is 9.08. The predicted molar refractivity (Wildman–Crippen MR) is 65.7 cm³/mol. The molecule has 0 aromatic heterocycles. The molecule has 0 aliphatic carbocycles. The van der Waals surface area contributed by atoms with Crippen molar-refractivity contribution in [3.63, 3.8) is 0 Å². The van der Waals surface area contributed by atoms with Crippen LogP contribution in [0.5, 0.6) is 0 Å². The highest BCUT2D eigenvalue weighted by atomic mass is 32.1. The van der Waals surface area contributed by atoms with Gasteiger partial charge in [-0.25, -0.2) is 0 Å². The zero-order valence-corrected chi connectivity index (χ0v) is 9.90. The number of benzene rings is 1. The van der Waals surface area contributed by atoms with Crippen molar-refractivity contribution in [3.8, 4) is 0 Å². The minimum atomic E-state index is -1.05. The fourth-order valence-corrected chi connectivity index (χ4v) is 1.33. The topological polar surface area (TPSA) is 70.0 Å². The highest BCUT2D eigenvalue weighted by Gasteiger charge is 2.13. The van der Waals surface area contributed by atoms with Gasteiger partial charge in [0.1, 0.15) is 6.54 Å². The summed E-state index contributed by atoms with van der Waals surface area (Å²) in [5.41, 5.74) is 0.995. The van der Waals surface area contributed by atoms with Gasteiger partial charge in [-0.2, -0.15) is 4.99 Å². The summed E-state index contributed by atoms with van der Waals surface area (Å²) in [7, 11) is 1.43. The number of carboxylic acid groups (broad SMARTS) is 1. The first-order valence-corrected chi connectivity index (χ1v) is 5.10. The summed E-state index contributed by atoms with van der Waals surface area (Å²) >= 11 is 4.45. The van der Waals surface area contributed by atoms with Crippen LogP contribution in [0, 0.1) is 0 Å². The molecule has 1 aromatic carbocycles. The molecule has 0 spiro atoms. The van der Waals surface area contributed by atoms with Gasteiger partial charge in [-0.1, -0.05) is 0 Å². The molecular weight excluding hydrogens is 240 g/mol. The number of nitrogens with zero attached hydrogens (tertiary/aromatic N) is 2. The van der Waals surface area contributed by atoms with Gasteiger partial charge >= 0.3 is 5.97 Å². The van der Waals surface area contributed by atoms with Crippen molar-refractivity contribution < 1.29 is 14.7 Å². The Bertz CT molecular complexity index is 478. The highest BCUT2D eigenvalue weighted by Crippen LogP contribution is 2.13. The van der Waals surface area contributed by atoms with Gasteiger partial charge in [-0.15, -0.1) is 0 Å². The smallest absolute Gasteiger partial charge is 0.323 e. The Labute approximate surface area is 103 Å². The number of hydrogen-bond acceptors (Lipinski definition) is 4. The quantitative estimate of drug-likeness (QED) is 0.650. The van der Waals surface area contributed by atoms with Crippen LogP contribution in [0.2, 0.25) is 0 Å². The Balaban J connectivity index is 2.82. The number of carboxylic acids is 1. The molecule has 0 unspecified atom stereocenters. The van der Waals surface area contributed by atoms with E-state index >= 15 is 0 Å². The predicted octanol–water partition coefficient (Wildman–Crippen LogP) is 1.58. The van der Waals surface area contributed by atoms with Gasteiger partial charge in [0, 0.05) is 12.6 Å². The van der Waals surface area contributed by atoms with Gasteiger partial charge in [-0.05, 0) is 36.5 Å². The number of aliphatic imine (C=N–C) groups is 1. The van der Waals surface area contributed by atoms with E-state index in [1.807, 2.05) is 0 Å². The van der Waals surface area contributed by atoms with E-state index in [-0.39, 0.29) is 12.5 Å². The molecule has 0 saturated heterocycles. The summed E-state index contributed by atoms with van der Waals surface area (Å²) in [6.45, 7) is -0.335. The number of carbonyl (C=O) groups excluding carboxylic acids is 1. The second kappa shape index (κ2) is 5.89. The largest absolute Gasteiger partial charge is 0.480 e. The minimum Gasteiger partial charge on any atom is -0.480 e. The third-order valence-corrected chi connectivity index (χ3v) is 2.10. The first-order chi connectivity index (χ1) is 8.04. The summed E-state index contributed by atoms with van der Waals surface area (Å²) in [6.07, 6.45) is 0. The van der Waals surface area contributed by atoms with E-state index in [1.54, 1.807) is 24.3 Å². The second-order valence-corrected chi connectivity index (χ2v) is 3.49. The molecule has 0 fully saturated rings. The Hall–Kier alpha value is -2.04. The van der Waals surface area contributed by atoms with Crippen LogP contribution in [0.15, 0.2) is 29.3 Å². The molecule has 6 heteroatoms. The number of aliphatic carboxylic acids is 1. The molecule has 0 heterocycles. The second-order valence-electron chi connectivity index (χ2n) is 3.30. The highest BCUT2D eigenvalue weighted by molar-refractivity contribution is 7.78. The van der Waals surface area contributed by atoms with Crippen molar-refractivity contribution in [3.05, 3.63) is 29.8 Å². The molecule has 1 N–H and O–H groups in total. The van der Waals surface area contributed by atoms with Crippen LogP contribution in [0.25, 0.3) is 0 Å². The fourth-order valence-electron chi connectivity index (χ4n) is 1.23. The van der Waals surface area contributed by atoms with E-state index in [1.165, 1.54) is 7.05 Å². The Kier molecular flexibility index (Phi) is 4.51. The monoisotopic (exact) mass is 250 g/mol. The van der Waals surface area contributed by atoms with E-state index < -0.39 is 5.97 Å². The number of amides is 1. The lowest BCUT2D eigenvalue weighted by Gasteiger charge is -2.14. The van der Waals surface area contributed by atoms with Crippen LogP contribution in [-0.2, 0) is 4.79 Å². The standard InChI is InChI=1S/C11H10N2O3S/c1-13(6-10(14)15)11(16)8-2-4-9(5-3-8)12-7-17/h2-5H,6H2,1H3,(H,14,15). The first kappa shape index (κ1) is 13.0. The van der Waals surface area contributed by atoms with Crippen LogP contribution in [0.4, 0.5) is 5.69 Å². The number of isothiocyanates is 1. The molecule has 0 radical (unpaired) electrons. The molecule has 0 atom stereocenters. The molecule has 0 aliphatic heterocycles. The van der Waals surface area contributed by atoms with Crippen molar-refractivity contribution in [1.29, 1.82) is 0 Å². The van der Waals surface area contributed by atoms with Crippen LogP contribution in [0.3, 0.4) is 0 Å². The zero-order chi connectivity index (χ0) is 12.8. The average molecular weight is 250 g/mol. The number of thiocarbonyl (C=S) groups is 1. The van der Waals surface area contributed by atoms with E-state index in [0.29, 0.717) is 11.3 Å². The summed E-state index contributed by atoms with van der Waals surface area (Å²) in [6, 6.07) is 6.35. The number of hydrogen-bond donors (Lipinski definition) is 1. The maximum absolute atomic E-state index is 11.7. The lowest BCUT2D eigenvalue weighted by Crippen LogP contribution is -2.31. The van der Waals surface area contributed by atoms with E-state index in [9.17, 15) is 9.59 Å². The normalized spacial score (nSPS) is 9.24. The van der Waals surface area contributed by atoms with Gasteiger partial charge in [0.05, 0.1) is 10.8 Å². The van der Waals surface area contributed by atoms with Gasteiger partial charge in [0.2, 0.25) is 0 Å². The SMILES string of the molecule is CN(CC(=O)O)C(=O)c1ccc(N=C=S)cc1. The molecule has 1 aromatic rings. The number of rotatable bonds is 4. The maximum Gasteiger partial charge on any atom is 0.323 e. The van der Waals surface area contributed by atoms with Gasteiger partial charge in [0.15, 0.2) is 0 Å². The van der Waals surface area contributed by atoms with Gasteiger partial charge in [0.25, 0.3) is 5.91 Å². The van der Waals surface area contributed by atoms with Gasteiger partial charge in [-0.3, -0.25) is 9.59 Å². The number of carbonyl (C=O) groups is 2. The molecule has 5 nitrogen and oxygen atoms in total. The Morgan fingerprint density at radius 3 is 2.47 bits per heavy atom. The Morgan fingerprint density at radius 2 is 2.00 bits per heavy atom. The third kappa shape index (κ3) is 3.79. The van der Waals surface area contributed by atoms with Crippen molar-refractivity contribution in [1.82, 2.24) is 4.90 Å². The molecule has 1 amide bonds. The van der Waals surface area contributed by atoms with Crippen molar-refractivity contribution in [2.45, 2.75) is 0 Å². The van der Waals surface area contributed by atoms with E-state index in [4.69, 9.17) is 5.11 Å². The summed E-state index contributed by atoms with van der Waals surface area (Å²) in [5.74, 6) is -1.41. The number of likely N-dealkylation sites (N-methyl/N-ethyl adjacent to an activating group) is 1. The van der Waals surface area contributed by atoms with Crippen LogP contribution in [0.1, 0.15) is 10.4 Å². The van der Waals surface area contributed by atoms with Crippen molar-refractivity contribution in [2.24, 2.45) is 4.99 Å². The molecule has 0 bridgehead atoms. The summed E-state index contributed by atoms with van der Waals surface area (Å²) < 4.78 is 0. The molecule has 1 rings (SSSR count). The van der Waals surface area contributed by atoms with Crippen molar-refractivity contribution in [2.75, 3.05) is 13.6 Å². The summed E-state index contributed by atoms with van der Waals surface area (Å²) in [4.78, 5) is 27.1. The van der Waals surface area contributed by atoms with E-state index in [0.717, 1.165) is 4.90 Å².